The van der Waals surface area contributed by atoms with Gasteiger partial charge in [-0.25, -0.2) is 4.79 Å². The van der Waals surface area contributed by atoms with Crippen LogP contribution in [0.5, 0.6) is 0 Å². The molecule has 0 atom stereocenters. The van der Waals surface area contributed by atoms with Crippen molar-refractivity contribution in [2.24, 2.45) is 0 Å². The summed E-state index contributed by atoms with van der Waals surface area (Å²) in [7, 11) is -0.426. The highest BCUT2D eigenvalue weighted by atomic mass is 28.2. The zero-order valence-electron chi connectivity index (χ0n) is 9.83. The van der Waals surface area contributed by atoms with Crippen LogP contribution in [0.2, 0.25) is 6.04 Å². The molecule has 0 aromatic rings. The summed E-state index contributed by atoms with van der Waals surface area (Å²) in [6.07, 6.45) is 4.72. The zero-order chi connectivity index (χ0) is 11.5. The summed E-state index contributed by atoms with van der Waals surface area (Å²) in [4.78, 5) is 10.7. The van der Waals surface area contributed by atoms with Crippen LogP contribution < -0.4 is 0 Å². The van der Waals surface area contributed by atoms with Crippen LogP contribution in [0, 0.1) is 0 Å². The molecule has 0 aliphatic carbocycles. The fourth-order valence-electron chi connectivity index (χ4n) is 1.21. The molecule has 0 saturated heterocycles. The Kier molecular flexibility index (Phi) is 9.52. The maximum Gasteiger partial charge on any atom is 0.330 e. The average Bonchev–Trinajstić information content (AvgIpc) is 2.28. The van der Waals surface area contributed by atoms with Crippen molar-refractivity contribution in [1.82, 2.24) is 0 Å². The minimum atomic E-state index is -0.426. The molecule has 0 aliphatic heterocycles. The first kappa shape index (κ1) is 14.4. The van der Waals surface area contributed by atoms with Crippen LogP contribution in [0.1, 0.15) is 33.1 Å². The van der Waals surface area contributed by atoms with Gasteiger partial charge in [0.15, 0.2) is 9.76 Å². The summed E-state index contributed by atoms with van der Waals surface area (Å²) >= 11 is 0. The smallest absolute Gasteiger partial charge is 0.330 e. The number of hydrogen-bond donors (Lipinski definition) is 0. The molecule has 0 aromatic carbocycles. The fraction of sp³-hybridized carbons (Fsp3) is 0.727. The maximum absolute atomic E-state index is 10.7. The van der Waals surface area contributed by atoms with E-state index in [1.165, 1.54) is 6.08 Å². The topological polar surface area (TPSA) is 35.5 Å². The van der Waals surface area contributed by atoms with E-state index < -0.39 is 9.76 Å². The van der Waals surface area contributed by atoms with E-state index in [0.29, 0.717) is 12.7 Å². The van der Waals surface area contributed by atoms with Gasteiger partial charge in [0.2, 0.25) is 0 Å². The largest absolute Gasteiger partial charge is 0.463 e. The van der Waals surface area contributed by atoms with Gasteiger partial charge in [0, 0.05) is 12.2 Å². The maximum atomic E-state index is 10.7. The summed E-state index contributed by atoms with van der Waals surface area (Å²) in [5.41, 5.74) is 0. The first-order chi connectivity index (χ1) is 7.24. The van der Waals surface area contributed by atoms with Crippen molar-refractivity contribution in [2.75, 3.05) is 6.61 Å². The van der Waals surface area contributed by atoms with Crippen molar-refractivity contribution in [3.63, 3.8) is 0 Å². The first-order valence-corrected chi connectivity index (χ1v) is 7.23. The first-order valence-electron chi connectivity index (χ1n) is 5.65. The van der Waals surface area contributed by atoms with Gasteiger partial charge < -0.3 is 9.16 Å². The van der Waals surface area contributed by atoms with Crippen LogP contribution >= 0.6 is 0 Å². The van der Waals surface area contributed by atoms with E-state index in [1.807, 2.05) is 0 Å². The third kappa shape index (κ3) is 8.39. The predicted octanol–water partition coefficient (Wildman–Crippen LogP) is 1.81. The quantitative estimate of drug-likeness (QED) is 0.262. The molecule has 0 amide bonds. The zero-order valence-corrected chi connectivity index (χ0v) is 11.2. The lowest BCUT2D eigenvalue weighted by Crippen LogP contribution is -2.13. The summed E-state index contributed by atoms with van der Waals surface area (Å²) in [6, 6.07) is 1.07. The van der Waals surface area contributed by atoms with E-state index >= 15 is 0 Å². The van der Waals surface area contributed by atoms with Gasteiger partial charge in [0.25, 0.3) is 0 Å². The molecule has 4 heteroatoms. The van der Waals surface area contributed by atoms with E-state index in [9.17, 15) is 4.79 Å². The van der Waals surface area contributed by atoms with Crippen molar-refractivity contribution in [1.29, 1.82) is 0 Å². The van der Waals surface area contributed by atoms with Gasteiger partial charge in [0.1, 0.15) is 0 Å². The molecule has 0 saturated carbocycles. The van der Waals surface area contributed by atoms with Crippen LogP contribution in [0.3, 0.4) is 0 Å². The van der Waals surface area contributed by atoms with Gasteiger partial charge in [-0.3, -0.25) is 0 Å². The molecule has 15 heavy (non-hydrogen) atoms. The lowest BCUT2D eigenvalue weighted by molar-refractivity contribution is -0.137. The number of rotatable bonds is 9. The van der Waals surface area contributed by atoms with Crippen LogP contribution in [0.4, 0.5) is 0 Å². The number of hydrogen-bond acceptors (Lipinski definition) is 3. The van der Waals surface area contributed by atoms with E-state index in [2.05, 4.69) is 20.4 Å². The van der Waals surface area contributed by atoms with E-state index in [0.717, 1.165) is 25.3 Å². The summed E-state index contributed by atoms with van der Waals surface area (Å²) in [5.74, 6) is -0.336. The number of ether oxygens (including phenoxy) is 1. The Morgan fingerprint density at radius 1 is 1.47 bits per heavy atom. The Hall–Kier alpha value is -0.613. The van der Waals surface area contributed by atoms with Crippen LogP contribution in [0.25, 0.3) is 0 Å². The molecule has 0 radical (unpaired) electrons. The second-order valence-electron chi connectivity index (χ2n) is 3.39. The third-order valence-electron chi connectivity index (χ3n) is 2.21. The molecule has 0 unspecified atom stereocenters. The van der Waals surface area contributed by atoms with Crippen molar-refractivity contribution in [3.05, 3.63) is 12.7 Å². The highest BCUT2D eigenvalue weighted by molar-refractivity contribution is 6.27. The molecule has 0 bridgehead atoms. The lowest BCUT2D eigenvalue weighted by atomic mass is 10.2. The second kappa shape index (κ2) is 9.92. The highest BCUT2D eigenvalue weighted by Crippen LogP contribution is 2.03. The molecule has 0 heterocycles. The molecular weight excluding hydrogens is 208 g/mol. The number of esters is 1. The van der Waals surface area contributed by atoms with E-state index in [1.54, 1.807) is 0 Å². The molecule has 3 nitrogen and oxygen atoms in total. The third-order valence-corrected chi connectivity index (χ3v) is 3.71. The predicted molar refractivity (Wildman–Crippen MR) is 64.6 cm³/mol. The number of carbonyl (C=O) groups is 1. The Labute approximate surface area is 94.8 Å². The van der Waals surface area contributed by atoms with Gasteiger partial charge in [0.05, 0.1) is 6.61 Å². The monoisotopic (exact) mass is 230 g/mol. The van der Waals surface area contributed by atoms with Crippen molar-refractivity contribution >= 4 is 15.7 Å². The Morgan fingerprint density at radius 3 is 2.67 bits per heavy atom. The molecule has 0 fully saturated rings. The molecule has 0 aliphatic rings. The van der Waals surface area contributed by atoms with Crippen molar-refractivity contribution in [2.45, 2.75) is 45.3 Å². The normalized spacial score (nSPS) is 11.1. The minimum absolute atomic E-state index is 0.336. The summed E-state index contributed by atoms with van der Waals surface area (Å²) in [6.45, 7) is 8.12. The molecular formula is C11H22O3Si. The van der Waals surface area contributed by atoms with Gasteiger partial charge in [-0.05, 0) is 25.3 Å². The average molecular weight is 230 g/mol. The van der Waals surface area contributed by atoms with Gasteiger partial charge in [-0.15, -0.1) is 0 Å². The molecule has 88 valence electrons. The van der Waals surface area contributed by atoms with E-state index in [4.69, 9.17) is 9.16 Å². The Balaban J connectivity index is 3.24. The van der Waals surface area contributed by atoms with Crippen LogP contribution in [0.15, 0.2) is 12.7 Å². The molecule has 0 N–H and O–H groups in total. The minimum Gasteiger partial charge on any atom is -0.463 e. The Morgan fingerprint density at radius 2 is 2.13 bits per heavy atom. The number of carbonyl (C=O) groups excluding carboxylic acids is 1. The molecule has 0 spiro atoms. The van der Waals surface area contributed by atoms with E-state index in [-0.39, 0.29) is 5.97 Å². The van der Waals surface area contributed by atoms with Crippen molar-refractivity contribution < 1.29 is 14.0 Å². The highest BCUT2D eigenvalue weighted by Gasteiger charge is 2.02. The molecule has 0 aromatic heterocycles. The van der Waals surface area contributed by atoms with Crippen LogP contribution in [-0.4, -0.2) is 28.4 Å². The molecule has 0 rings (SSSR count). The summed E-state index contributed by atoms with van der Waals surface area (Å²) in [5, 5.41) is 0. The Bertz CT molecular complexity index is 179. The second-order valence-corrected chi connectivity index (χ2v) is 4.84. The van der Waals surface area contributed by atoms with Crippen molar-refractivity contribution in [3.8, 4) is 0 Å². The standard InChI is InChI=1S/C11H22O3Si/c1-4-10(5-2)14-15-9-7-8-13-11(12)6-3/h6,10H,3-5,7-9,15H2,1-2H3. The summed E-state index contributed by atoms with van der Waals surface area (Å²) < 4.78 is 10.6. The fourth-order valence-corrected chi connectivity index (χ4v) is 2.59. The van der Waals surface area contributed by atoms with Gasteiger partial charge in [-0.2, -0.15) is 0 Å². The lowest BCUT2D eigenvalue weighted by Gasteiger charge is -2.13. The van der Waals surface area contributed by atoms with Crippen LogP contribution in [-0.2, 0) is 14.0 Å². The SMILES string of the molecule is C=CC(=O)OCCC[SiH2]OC(CC)CC. The van der Waals surface area contributed by atoms with Gasteiger partial charge >= 0.3 is 5.97 Å². The van der Waals surface area contributed by atoms with Gasteiger partial charge in [-0.1, -0.05) is 20.4 Å².